The molecule has 2 unspecified atom stereocenters. The van der Waals surface area contributed by atoms with Crippen molar-refractivity contribution in [2.45, 2.75) is 12.3 Å². The van der Waals surface area contributed by atoms with E-state index in [-0.39, 0.29) is 12.4 Å². The molecule has 1 aliphatic rings. The molecule has 0 spiro atoms. The van der Waals surface area contributed by atoms with Crippen LogP contribution < -0.4 is 4.74 Å². The number of aliphatic hydroxyl groups is 1. The van der Waals surface area contributed by atoms with Crippen LogP contribution >= 0.6 is 0 Å². The van der Waals surface area contributed by atoms with Crippen LogP contribution in [-0.2, 0) is 0 Å². The summed E-state index contributed by atoms with van der Waals surface area (Å²) in [6.07, 6.45) is 0.971. The zero-order valence-corrected chi connectivity index (χ0v) is 8.03. The Morgan fingerprint density at radius 3 is 2.93 bits per heavy atom. The van der Waals surface area contributed by atoms with Crippen molar-refractivity contribution in [3.05, 3.63) is 29.6 Å². The maximum absolute atomic E-state index is 12.9. The number of aliphatic hydroxyl groups excluding tert-OH is 1. The standard InChI is InChI=1S/C11H13FO2/c1-14-11-5-8(12)2-3-9(11)10-4-7(10)6-13/h2-3,5,7,10,13H,4,6H2,1H3. The first-order valence-corrected chi connectivity index (χ1v) is 4.70. The van der Waals surface area contributed by atoms with E-state index < -0.39 is 0 Å². The van der Waals surface area contributed by atoms with Gasteiger partial charge in [-0.25, -0.2) is 4.39 Å². The monoisotopic (exact) mass is 196 g/mol. The Bertz CT molecular complexity index is 338. The van der Waals surface area contributed by atoms with Crippen molar-refractivity contribution >= 4 is 0 Å². The molecular weight excluding hydrogens is 183 g/mol. The van der Waals surface area contributed by atoms with E-state index in [4.69, 9.17) is 9.84 Å². The van der Waals surface area contributed by atoms with E-state index in [1.54, 1.807) is 6.07 Å². The second-order valence-corrected chi connectivity index (χ2v) is 3.67. The fraction of sp³-hybridized carbons (Fsp3) is 0.455. The highest BCUT2D eigenvalue weighted by atomic mass is 19.1. The smallest absolute Gasteiger partial charge is 0.126 e. The Labute approximate surface area is 82.3 Å². The highest BCUT2D eigenvalue weighted by molar-refractivity contribution is 5.40. The number of hydrogen-bond donors (Lipinski definition) is 1. The first kappa shape index (κ1) is 9.46. The molecule has 1 saturated carbocycles. The SMILES string of the molecule is COc1cc(F)ccc1C1CC1CO. The molecule has 1 aromatic carbocycles. The second kappa shape index (κ2) is 3.58. The molecule has 14 heavy (non-hydrogen) atoms. The molecule has 1 aromatic rings. The fourth-order valence-corrected chi connectivity index (χ4v) is 1.82. The summed E-state index contributed by atoms with van der Waals surface area (Å²) in [6.45, 7) is 0.200. The second-order valence-electron chi connectivity index (χ2n) is 3.67. The van der Waals surface area contributed by atoms with Gasteiger partial charge in [0.2, 0.25) is 0 Å². The predicted octanol–water partition coefficient (Wildman–Crippen LogP) is 1.93. The van der Waals surface area contributed by atoms with Crippen molar-refractivity contribution in [1.82, 2.24) is 0 Å². The quantitative estimate of drug-likeness (QED) is 0.800. The van der Waals surface area contributed by atoms with Crippen molar-refractivity contribution < 1.29 is 14.2 Å². The molecule has 2 atom stereocenters. The molecule has 1 fully saturated rings. The summed E-state index contributed by atoms with van der Waals surface area (Å²) in [7, 11) is 1.54. The number of methoxy groups -OCH3 is 1. The number of ether oxygens (including phenoxy) is 1. The molecule has 0 radical (unpaired) electrons. The fourth-order valence-electron chi connectivity index (χ4n) is 1.82. The highest BCUT2D eigenvalue weighted by Gasteiger charge is 2.39. The molecule has 0 amide bonds. The Balaban J connectivity index is 2.25. The van der Waals surface area contributed by atoms with Gasteiger partial charge in [0.15, 0.2) is 0 Å². The minimum absolute atomic E-state index is 0.200. The van der Waals surface area contributed by atoms with E-state index in [1.807, 2.05) is 0 Å². The van der Waals surface area contributed by atoms with Crippen LogP contribution in [0, 0.1) is 11.7 Å². The lowest BCUT2D eigenvalue weighted by Crippen LogP contribution is -1.94. The van der Waals surface area contributed by atoms with E-state index in [2.05, 4.69) is 0 Å². The van der Waals surface area contributed by atoms with Crippen LogP contribution in [0.25, 0.3) is 0 Å². The van der Waals surface area contributed by atoms with Crippen LogP contribution in [0.5, 0.6) is 5.75 Å². The molecule has 0 saturated heterocycles. The summed E-state index contributed by atoms with van der Waals surface area (Å²) in [5, 5.41) is 8.94. The average molecular weight is 196 g/mol. The lowest BCUT2D eigenvalue weighted by atomic mass is 10.1. The van der Waals surface area contributed by atoms with Crippen LogP contribution in [0.1, 0.15) is 17.9 Å². The summed E-state index contributed by atoms with van der Waals surface area (Å²) in [4.78, 5) is 0. The molecule has 2 nitrogen and oxygen atoms in total. The average Bonchev–Trinajstić information content (AvgIpc) is 2.96. The van der Waals surface area contributed by atoms with Crippen molar-refractivity contribution in [3.8, 4) is 5.75 Å². The Hall–Kier alpha value is -1.09. The van der Waals surface area contributed by atoms with Gasteiger partial charge in [0.25, 0.3) is 0 Å². The molecule has 2 rings (SSSR count). The van der Waals surface area contributed by atoms with Gasteiger partial charge in [-0.2, -0.15) is 0 Å². The van der Waals surface area contributed by atoms with Crippen molar-refractivity contribution in [3.63, 3.8) is 0 Å². The predicted molar refractivity (Wildman–Crippen MR) is 50.9 cm³/mol. The molecule has 76 valence electrons. The van der Waals surface area contributed by atoms with Gasteiger partial charge in [0, 0.05) is 12.7 Å². The molecular formula is C11H13FO2. The largest absolute Gasteiger partial charge is 0.496 e. The van der Waals surface area contributed by atoms with Crippen molar-refractivity contribution in [2.75, 3.05) is 13.7 Å². The third kappa shape index (κ3) is 1.60. The summed E-state index contributed by atoms with van der Waals surface area (Å²) >= 11 is 0. The molecule has 3 heteroatoms. The number of hydrogen-bond acceptors (Lipinski definition) is 2. The summed E-state index contributed by atoms with van der Waals surface area (Å²) in [5.41, 5.74) is 1.01. The first-order valence-electron chi connectivity index (χ1n) is 4.70. The maximum atomic E-state index is 12.9. The Morgan fingerprint density at radius 2 is 2.36 bits per heavy atom. The van der Waals surface area contributed by atoms with Crippen LogP contribution in [0.4, 0.5) is 4.39 Å². The molecule has 0 aromatic heterocycles. The number of benzene rings is 1. The van der Waals surface area contributed by atoms with E-state index in [1.165, 1.54) is 19.2 Å². The summed E-state index contributed by atoms with van der Waals surface area (Å²) in [5.74, 6) is 0.975. The van der Waals surface area contributed by atoms with E-state index in [0.29, 0.717) is 17.6 Å². The van der Waals surface area contributed by atoms with Gasteiger partial charge < -0.3 is 9.84 Å². The van der Waals surface area contributed by atoms with Gasteiger partial charge in [-0.05, 0) is 29.9 Å². The molecule has 0 bridgehead atoms. The normalized spacial score (nSPS) is 24.8. The molecule has 0 heterocycles. The maximum Gasteiger partial charge on any atom is 0.126 e. The molecule has 1 N–H and O–H groups in total. The molecule has 0 aliphatic heterocycles. The minimum atomic E-state index is -0.285. The Morgan fingerprint density at radius 1 is 1.57 bits per heavy atom. The van der Waals surface area contributed by atoms with Crippen molar-refractivity contribution in [2.24, 2.45) is 5.92 Å². The van der Waals surface area contributed by atoms with Gasteiger partial charge in [-0.1, -0.05) is 6.07 Å². The van der Waals surface area contributed by atoms with Crippen LogP contribution in [0.15, 0.2) is 18.2 Å². The van der Waals surface area contributed by atoms with E-state index in [0.717, 1.165) is 12.0 Å². The topological polar surface area (TPSA) is 29.5 Å². The zero-order valence-electron chi connectivity index (χ0n) is 8.03. The van der Waals surface area contributed by atoms with Gasteiger partial charge >= 0.3 is 0 Å². The third-order valence-corrected chi connectivity index (χ3v) is 2.75. The Kier molecular flexibility index (Phi) is 2.42. The van der Waals surface area contributed by atoms with Crippen LogP contribution in [0.3, 0.4) is 0 Å². The summed E-state index contributed by atoms with van der Waals surface area (Å²) in [6, 6.07) is 4.57. The third-order valence-electron chi connectivity index (χ3n) is 2.75. The summed E-state index contributed by atoms with van der Waals surface area (Å²) < 4.78 is 18.0. The van der Waals surface area contributed by atoms with E-state index in [9.17, 15) is 4.39 Å². The van der Waals surface area contributed by atoms with E-state index >= 15 is 0 Å². The van der Waals surface area contributed by atoms with Crippen LogP contribution in [0.2, 0.25) is 0 Å². The van der Waals surface area contributed by atoms with Crippen LogP contribution in [-0.4, -0.2) is 18.8 Å². The van der Waals surface area contributed by atoms with Gasteiger partial charge in [0.05, 0.1) is 7.11 Å². The van der Waals surface area contributed by atoms with Gasteiger partial charge in [0.1, 0.15) is 11.6 Å². The first-order chi connectivity index (χ1) is 6.76. The number of rotatable bonds is 3. The molecule has 1 aliphatic carbocycles. The zero-order chi connectivity index (χ0) is 10.1. The lowest BCUT2D eigenvalue weighted by Gasteiger charge is -2.07. The minimum Gasteiger partial charge on any atom is -0.496 e. The van der Waals surface area contributed by atoms with Gasteiger partial charge in [-0.3, -0.25) is 0 Å². The lowest BCUT2D eigenvalue weighted by molar-refractivity contribution is 0.273. The highest BCUT2D eigenvalue weighted by Crippen LogP contribution is 2.49. The number of halogens is 1. The van der Waals surface area contributed by atoms with Crippen molar-refractivity contribution in [1.29, 1.82) is 0 Å². The van der Waals surface area contributed by atoms with Gasteiger partial charge in [-0.15, -0.1) is 0 Å².